The van der Waals surface area contributed by atoms with E-state index in [4.69, 9.17) is 0 Å². The summed E-state index contributed by atoms with van der Waals surface area (Å²) in [5.41, 5.74) is 8.61. The maximum atomic E-state index is 2.25. The Balaban J connectivity index is 4.12. The zero-order valence-electron chi connectivity index (χ0n) is 12.0. The lowest BCUT2D eigenvalue weighted by molar-refractivity contribution is 1.15. The second-order valence-electron chi connectivity index (χ2n) is 5.25. The van der Waals surface area contributed by atoms with Gasteiger partial charge >= 0.3 is 0 Å². The van der Waals surface area contributed by atoms with Gasteiger partial charge in [-0.15, -0.1) is 0 Å². The van der Waals surface area contributed by atoms with Crippen LogP contribution in [0.3, 0.4) is 0 Å². The first-order valence-corrected chi connectivity index (χ1v) is 6.00. The fourth-order valence-electron chi connectivity index (χ4n) is 2.81. The highest BCUT2D eigenvalue weighted by Gasteiger charge is 2.07. The van der Waals surface area contributed by atoms with Gasteiger partial charge in [0, 0.05) is 0 Å². The van der Waals surface area contributed by atoms with E-state index in [0.717, 1.165) is 0 Å². The maximum Gasteiger partial charge on any atom is -0.0206 e. The van der Waals surface area contributed by atoms with Gasteiger partial charge in [0.25, 0.3) is 0 Å². The molecule has 0 aromatic heterocycles. The van der Waals surface area contributed by atoms with Crippen LogP contribution in [0.4, 0.5) is 0 Å². The van der Waals surface area contributed by atoms with E-state index in [1.807, 2.05) is 0 Å². The summed E-state index contributed by atoms with van der Waals surface area (Å²) in [6.45, 7) is 17.8. The Morgan fingerprint density at radius 2 is 0.688 bits per heavy atom. The standard InChI is InChI=1S/C16H24/c1-9(2)15-11(5)13(7)16(10(3)4)14(8)12(15)6/h1-8H3. The average molecular weight is 216 g/mol. The van der Waals surface area contributed by atoms with E-state index < -0.39 is 0 Å². The van der Waals surface area contributed by atoms with Crippen molar-refractivity contribution in [1.82, 2.24) is 0 Å². The summed E-state index contributed by atoms with van der Waals surface area (Å²) in [6.07, 6.45) is 0. The molecule has 0 atom stereocenters. The van der Waals surface area contributed by atoms with Gasteiger partial charge in [-0.2, -0.15) is 0 Å². The summed E-state index contributed by atoms with van der Waals surface area (Å²) in [5, 5.41) is 2.92. The molecule has 0 aliphatic heterocycles. The Bertz CT molecular complexity index is 448. The monoisotopic (exact) mass is 216 g/mol. The fraction of sp³-hybridized carbons (Fsp3) is 0.500. The molecule has 88 valence electrons. The smallest absolute Gasteiger partial charge is 0.0206 e. The van der Waals surface area contributed by atoms with E-state index in [9.17, 15) is 0 Å². The predicted octanol–water partition coefficient (Wildman–Crippen LogP) is 3.30. The van der Waals surface area contributed by atoms with Gasteiger partial charge in [0.05, 0.1) is 0 Å². The van der Waals surface area contributed by atoms with Gasteiger partial charge < -0.3 is 0 Å². The summed E-state index contributed by atoms with van der Waals surface area (Å²) < 4.78 is 0. The number of hydrogen-bond donors (Lipinski definition) is 0. The van der Waals surface area contributed by atoms with Crippen LogP contribution >= 0.6 is 0 Å². The Hall–Kier alpha value is -1.04. The summed E-state index contributed by atoms with van der Waals surface area (Å²) >= 11 is 0. The molecule has 0 heterocycles. The largest absolute Gasteiger partial charge is 0.0686 e. The van der Waals surface area contributed by atoms with Crippen LogP contribution in [0.2, 0.25) is 0 Å². The predicted molar refractivity (Wildman–Crippen MR) is 74.2 cm³/mol. The Labute approximate surface area is 99.7 Å². The van der Waals surface area contributed by atoms with Crippen molar-refractivity contribution in [1.29, 1.82) is 0 Å². The third-order valence-electron chi connectivity index (χ3n) is 3.62. The molecule has 0 nitrogen and oxygen atoms in total. The fourth-order valence-corrected chi connectivity index (χ4v) is 2.81. The minimum atomic E-state index is 1.42. The minimum Gasteiger partial charge on any atom is -0.0686 e. The second kappa shape index (κ2) is 4.45. The van der Waals surface area contributed by atoms with Gasteiger partial charge in [0.2, 0.25) is 0 Å². The van der Waals surface area contributed by atoms with Crippen molar-refractivity contribution < 1.29 is 0 Å². The molecule has 0 aliphatic carbocycles. The molecule has 0 radical (unpaired) electrons. The van der Waals surface area contributed by atoms with Gasteiger partial charge in [-0.1, -0.05) is 11.1 Å². The highest BCUT2D eigenvalue weighted by molar-refractivity contribution is 5.54. The lowest BCUT2D eigenvalue weighted by Gasteiger charge is -2.13. The van der Waals surface area contributed by atoms with Gasteiger partial charge in [0.1, 0.15) is 0 Å². The molecular weight excluding hydrogens is 192 g/mol. The topological polar surface area (TPSA) is 0 Å². The molecule has 1 aromatic rings. The third kappa shape index (κ3) is 1.93. The van der Waals surface area contributed by atoms with Crippen molar-refractivity contribution in [2.24, 2.45) is 0 Å². The zero-order valence-corrected chi connectivity index (χ0v) is 12.0. The van der Waals surface area contributed by atoms with Crippen LogP contribution in [0.15, 0.2) is 0 Å². The molecule has 0 saturated heterocycles. The van der Waals surface area contributed by atoms with E-state index >= 15 is 0 Å². The van der Waals surface area contributed by atoms with Crippen molar-refractivity contribution in [3.8, 4) is 0 Å². The molecule has 0 N–H and O–H groups in total. The van der Waals surface area contributed by atoms with Gasteiger partial charge in [-0.05, 0) is 88.1 Å². The normalized spacial score (nSPS) is 10.5. The lowest BCUT2D eigenvalue weighted by Crippen LogP contribution is -2.26. The van der Waals surface area contributed by atoms with Crippen LogP contribution in [0.25, 0.3) is 11.1 Å². The summed E-state index contributed by atoms with van der Waals surface area (Å²) in [7, 11) is 0. The first kappa shape index (κ1) is 13.0. The minimum absolute atomic E-state index is 1.42. The van der Waals surface area contributed by atoms with E-state index in [1.165, 1.54) is 43.8 Å². The molecule has 0 bridgehead atoms. The quantitative estimate of drug-likeness (QED) is 0.624. The molecule has 0 unspecified atom stereocenters. The lowest BCUT2D eigenvalue weighted by atomic mass is 9.92. The number of hydrogen-bond acceptors (Lipinski definition) is 0. The van der Waals surface area contributed by atoms with Gasteiger partial charge in [-0.25, -0.2) is 0 Å². The van der Waals surface area contributed by atoms with Crippen LogP contribution in [0, 0.1) is 27.7 Å². The third-order valence-corrected chi connectivity index (χ3v) is 3.62. The van der Waals surface area contributed by atoms with Crippen LogP contribution in [-0.4, -0.2) is 0 Å². The van der Waals surface area contributed by atoms with Crippen LogP contribution in [-0.2, 0) is 0 Å². The van der Waals surface area contributed by atoms with Crippen molar-refractivity contribution in [3.63, 3.8) is 0 Å². The van der Waals surface area contributed by atoms with E-state index in [1.54, 1.807) is 0 Å². The molecule has 0 heteroatoms. The molecule has 0 aliphatic rings. The average Bonchev–Trinajstić information content (AvgIpc) is 2.14. The van der Waals surface area contributed by atoms with E-state index in [0.29, 0.717) is 0 Å². The van der Waals surface area contributed by atoms with Crippen molar-refractivity contribution in [3.05, 3.63) is 32.7 Å². The molecule has 0 amide bonds. The summed E-state index contributed by atoms with van der Waals surface area (Å²) in [5.74, 6) is 0. The van der Waals surface area contributed by atoms with Gasteiger partial charge in [-0.3, -0.25) is 0 Å². The van der Waals surface area contributed by atoms with Crippen molar-refractivity contribution >= 4 is 11.1 Å². The SMILES string of the molecule is CC(C)=c1c(C)c(C)c(=C(C)C)c(C)c1C. The maximum absolute atomic E-state index is 2.25. The Morgan fingerprint density at radius 3 is 0.812 bits per heavy atom. The molecule has 1 aromatic carbocycles. The number of benzene rings is 1. The van der Waals surface area contributed by atoms with E-state index in [2.05, 4.69) is 55.4 Å². The molecule has 1 rings (SSSR count). The van der Waals surface area contributed by atoms with E-state index in [-0.39, 0.29) is 0 Å². The number of rotatable bonds is 0. The zero-order chi connectivity index (χ0) is 12.6. The molecule has 16 heavy (non-hydrogen) atoms. The summed E-state index contributed by atoms with van der Waals surface area (Å²) in [6, 6.07) is 0. The Morgan fingerprint density at radius 1 is 0.500 bits per heavy atom. The molecule has 0 saturated carbocycles. The van der Waals surface area contributed by atoms with Crippen LogP contribution in [0.5, 0.6) is 0 Å². The van der Waals surface area contributed by atoms with Crippen molar-refractivity contribution in [2.75, 3.05) is 0 Å². The molecular formula is C16H24. The van der Waals surface area contributed by atoms with Gasteiger partial charge in [0.15, 0.2) is 0 Å². The highest BCUT2D eigenvalue weighted by atomic mass is 14.1. The highest BCUT2D eigenvalue weighted by Crippen LogP contribution is 2.07. The summed E-state index contributed by atoms with van der Waals surface area (Å²) in [4.78, 5) is 0. The Kier molecular flexibility index (Phi) is 3.62. The van der Waals surface area contributed by atoms with Crippen LogP contribution in [0.1, 0.15) is 49.9 Å². The first-order chi connectivity index (χ1) is 7.29. The second-order valence-corrected chi connectivity index (χ2v) is 5.25. The molecule has 0 spiro atoms. The molecule has 0 fully saturated rings. The first-order valence-electron chi connectivity index (χ1n) is 6.00. The van der Waals surface area contributed by atoms with Crippen molar-refractivity contribution in [2.45, 2.75) is 55.4 Å². The van der Waals surface area contributed by atoms with Crippen LogP contribution < -0.4 is 10.4 Å².